The summed E-state index contributed by atoms with van der Waals surface area (Å²) in [6, 6.07) is 7.69. The smallest absolute Gasteiger partial charge is 0.225 e. The Morgan fingerprint density at radius 3 is 2.65 bits per heavy atom. The predicted molar refractivity (Wildman–Crippen MR) is 101 cm³/mol. The van der Waals surface area contributed by atoms with Crippen LogP contribution in [0.2, 0.25) is 0 Å². The number of hydrogen-bond donors (Lipinski definition) is 1. The number of piperidine rings is 1. The largest absolute Gasteiger partial charge is 0.340 e. The Morgan fingerprint density at radius 1 is 1.00 bits per heavy atom. The fourth-order valence-electron chi connectivity index (χ4n) is 3.21. The number of aromatic nitrogens is 5. The molecule has 1 aliphatic heterocycles. The van der Waals surface area contributed by atoms with E-state index in [2.05, 4.69) is 35.1 Å². The maximum Gasteiger partial charge on any atom is 0.225 e. The van der Waals surface area contributed by atoms with E-state index in [-0.39, 0.29) is 0 Å². The minimum atomic E-state index is 0.339. The van der Waals surface area contributed by atoms with Gasteiger partial charge in [-0.1, -0.05) is 6.07 Å². The van der Waals surface area contributed by atoms with Crippen molar-refractivity contribution >= 4 is 17.6 Å². The minimum Gasteiger partial charge on any atom is -0.340 e. The number of anilines is 3. The molecule has 0 unspecified atom stereocenters. The molecule has 1 N–H and O–H groups in total. The van der Waals surface area contributed by atoms with Crippen molar-refractivity contribution in [1.29, 1.82) is 0 Å². The predicted octanol–water partition coefficient (Wildman–Crippen LogP) is 3.10. The van der Waals surface area contributed by atoms with Crippen molar-refractivity contribution in [2.45, 2.75) is 25.7 Å². The molecule has 1 atom stereocenters. The highest BCUT2D eigenvalue weighted by molar-refractivity contribution is 5.50. The summed E-state index contributed by atoms with van der Waals surface area (Å²) >= 11 is 0. The van der Waals surface area contributed by atoms with Crippen LogP contribution in [-0.2, 0) is 0 Å². The number of pyridine rings is 1. The summed E-state index contributed by atoms with van der Waals surface area (Å²) in [6.07, 6.45) is 9.40. The number of aryl methyl sites for hydroxylation is 1. The molecule has 1 saturated heterocycles. The van der Waals surface area contributed by atoms with E-state index in [0.717, 1.165) is 49.1 Å². The second kappa shape index (κ2) is 7.43. The van der Waals surface area contributed by atoms with E-state index in [4.69, 9.17) is 0 Å². The zero-order valence-electron chi connectivity index (χ0n) is 14.7. The first-order valence-electron chi connectivity index (χ1n) is 8.82. The van der Waals surface area contributed by atoms with Crippen LogP contribution in [0.15, 0.2) is 49.1 Å². The Bertz CT molecular complexity index is 851. The van der Waals surface area contributed by atoms with Crippen LogP contribution >= 0.6 is 0 Å². The molecule has 1 fully saturated rings. The summed E-state index contributed by atoms with van der Waals surface area (Å²) in [5.41, 5.74) is 1.97. The highest BCUT2D eigenvalue weighted by Gasteiger charge is 2.24. The van der Waals surface area contributed by atoms with Gasteiger partial charge >= 0.3 is 0 Å². The van der Waals surface area contributed by atoms with Crippen LogP contribution in [0.5, 0.6) is 0 Å². The average Bonchev–Trinajstić information content (AvgIpc) is 2.69. The normalized spacial score (nSPS) is 17.1. The lowest BCUT2D eigenvalue weighted by molar-refractivity contribution is 0.494. The van der Waals surface area contributed by atoms with Crippen LogP contribution < -0.4 is 10.2 Å². The molecule has 0 amide bonds. The van der Waals surface area contributed by atoms with Crippen molar-refractivity contribution in [3.05, 3.63) is 60.4 Å². The van der Waals surface area contributed by atoms with Crippen LogP contribution in [0.1, 0.15) is 30.1 Å². The Morgan fingerprint density at radius 2 is 1.88 bits per heavy atom. The molecule has 0 spiro atoms. The van der Waals surface area contributed by atoms with E-state index in [9.17, 15) is 0 Å². The summed E-state index contributed by atoms with van der Waals surface area (Å²) in [5.74, 6) is 2.60. The molecule has 4 rings (SSSR count). The number of rotatable bonds is 4. The van der Waals surface area contributed by atoms with Gasteiger partial charge in [0, 0.05) is 37.1 Å². The van der Waals surface area contributed by atoms with Gasteiger partial charge in [-0.3, -0.25) is 4.98 Å². The third kappa shape index (κ3) is 3.77. The number of nitrogens with zero attached hydrogens (tertiary/aromatic N) is 6. The third-order valence-corrected chi connectivity index (χ3v) is 4.49. The summed E-state index contributed by atoms with van der Waals surface area (Å²) in [6.45, 7) is 3.81. The first-order valence-corrected chi connectivity index (χ1v) is 8.82. The minimum absolute atomic E-state index is 0.339. The molecule has 4 heterocycles. The van der Waals surface area contributed by atoms with Crippen LogP contribution in [0, 0.1) is 6.92 Å². The molecule has 7 heteroatoms. The zero-order valence-corrected chi connectivity index (χ0v) is 14.7. The van der Waals surface area contributed by atoms with Gasteiger partial charge in [0.2, 0.25) is 5.95 Å². The van der Waals surface area contributed by atoms with Gasteiger partial charge in [0.25, 0.3) is 0 Å². The quantitative estimate of drug-likeness (QED) is 0.777. The highest BCUT2D eigenvalue weighted by atomic mass is 15.3. The summed E-state index contributed by atoms with van der Waals surface area (Å²) in [4.78, 5) is 24.5. The van der Waals surface area contributed by atoms with Crippen molar-refractivity contribution in [3.8, 4) is 0 Å². The summed E-state index contributed by atoms with van der Waals surface area (Å²) < 4.78 is 0. The van der Waals surface area contributed by atoms with E-state index in [0.29, 0.717) is 11.7 Å². The lowest BCUT2D eigenvalue weighted by Gasteiger charge is -2.32. The third-order valence-electron chi connectivity index (χ3n) is 4.49. The van der Waals surface area contributed by atoms with E-state index in [1.807, 2.05) is 37.4 Å². The lowest BCUT2D eigenvalue weighted by Crippen LogP contribution is -2.35. The lowest BCUT2D eigenvalue weighted by atomic mass is 9.95. The van der Waals surface area contributed by atoms with Gasteiger partial charge in [0.1, 0.15) is 11.6 Å². The van der Waals surface area contributed by atoms with Crippen molar-refractivity contribution < 1.29 is 0 Å². The molecule has 7 nitrogen and oxygen atoms in total. The first kappa shape index (κ1) is 16.4. The summed E-state index contributed by atoms with van der Waals surface area (Å²) in [7, 11) is 0. The topological polar surface area (TPSA) is 79.7 Å². The maximum atomic E-state index is 4.63. The molecule has 0 aliphatic carbocycles. The van der Waals surface area contributed by atoms with Gasteiger partial charge in [0.05, 0.1) is 18.1 Å². The standard InChI is InChI=1S/C19H21N7/c1-14-5-2-7-17(24-14)25-18-12-22-16(11-23-18)15-6-3-10-26(13-15)19-20-8-4-9-21-19/h2,4-5,7-9,11-12,15H,3,6,10,13H2,1H3,(H,23,24,25)/t15-/m1/s1. The molecule has 3 aromatic rings. The van der Waals surface area contributed by atoms with Gasteiger partial charge < -0.3 is 10.2 Å². The van der Waals surface area contributed by atoms with Crippen LogP contribution in [0.3, 0.4) is 0 Å². The zero-order chi connectivity index (χ0) is 17.8. The van der Waals surface area contributed by atoms with Gasteiger partial charge in [-0.2, -0.15) is 0 Å². The molecule has 3 aromatic heterocycles. The van der Waals surface area contributed by atoms with Crippen molar-refractivity contribution in [3.63, 3.8) is 0 Å². The molecular weight excluding hydrogens is 326 g/mol. The average molecular weight is 347 g/mol. The van der Waals surface area contributed by atoms with Gasteiger partial charge in [-0.05, 0) is 38.0 Å². The van der Waals surface area contributed by atoms with Crippen LogP contribution in [0.4, 0.5) is 17.6 Å². The molecule has 0 aromatic carbocycles. The fourth-order valence-corrected chi connectivity index (χ4v) is 3.21. The molecule has 1 aliphatic rings. The SMILES string of the molecule is Cc1cccc(Nc2cnc([C@@H]3CCCN(c4ncccn4)C3)cn2)n1. The van der Waals surface area contributed by atoms with Crippen molar-refractivity contribution in [1.82, 2.24) is 24.9 Å². The fraction of sp³-hybridized carbons (Fsp3) is 0.316. The molecule has 26 heavy (non-hydrogen) atoms. The number of nitrogens with one attached hydrogen (secondary N) is 1. The van der Waals surface area contributed by atoms with E-state index >= 15 is 0 Å². The van der Waals surface area contributed by atoms with Crippen LogP contribution in [-0.4, -0.2) is 38.0 Å². The van der Waals surface area contributed by atoms with E-state index in [1.165, 1.54) is 0 Å². The van der Waals surface area contributed by atoms with E-state index in [1.54, 1.807) is 18.6 Å². The van der Waals surface area contributed by atoms with Crippen molar-refractivity contribution in [2.75, 3.05) is 23.3 Å². The molecular formula is C19H21N7. The number of hydrogen-bond acceptors (Lipinski definition) is 7. The Balaban J connectivity index is 1.44. The molecule has 0 bridgehead atoms. The Kier molecular flexibility index (Phi) is 4.68. The second-order valence-corrected chi connectivity index (χ2v) is 6.45. The first-order chi connectivity index (χ1) is 12.8. The van der Waals surface area contributed by atoms with Gasteiger partial charge in [-0.15, -0.1) is 0 Å². The molecule has 0 radical (unpaired) electrons. The van der Waals surface area contributed by atoms with Crippen LogP contribution in [0.25, 0.3) is 0 Å². The highest BCUT2D eigenvalue weighted by Crippen LogP contribution is 2.27. The monoisotopic (exact) mass is 347 g/mol. The van der Waals surface area contributed by atoms with Gasteiger partial charge in [0.15, 0.2) is 0 Å². The van der Waals surface area contributed by atoms with E-state index < -0.39 is 0 Å². The second-order valence-electron chi connectivity index (χ2n) is 6.45. The Hall–Kier alpha value is -3.09. The Labute approximate surface area is 152 Å². The summed E-state index contributed by atoms with van der Waals surface area (Å²) in [5, 5.41) is 3.19. The van der Waals surface area contributed by atoms with Gasteiger partial charge in [-0.25, -0.2) is 19.9 Å². The molecule has 132 valence electrons. The maximum absolute atomic E-state index is 4.63. The van der Waals surface area contributed by atoms with Crippen molar-refractivity contribution in [2.24, 2.45) is 0 Å². The molecule has 0 saturated carbocycles.